The van der Waals surface area contributed by atoms with Crippen molar-refractivity contribution < 1.29 is 9.59 Å². The molecular weight excluding hydrogens is 633 g/mol. The van der Waals surface area contributed by atoms with Gasteiger partial charge in [0.15, 0.2) is 10.1 Å². The van der Waals surface area contributed by atoms with Crippen molar-refractivity contribution in [3.8, 4) is 0 Å². The third-order valence-corrected chi connectivity index (χ3v) is 12.5. The molecule has 0 N–H and O–H groups in total. The fourth-order valence-electron chi connectivity index (χ4n) is 6.16. The molecule has 0 bridgehead atoms. The fraction of sp³-hybridized carbons (Fsp3) is 0.312. The van der Waals surface area contributed by atoms with Crippen molar-refractivity contribution in [2.75, 3.05) is 13.1 Å². The van der Waals surface area contributed by atoms with E-state index in [0.29, 0.717) is 31.8 Å². The summed E-state index contributed by atoms with van der Waals surface area (Å²) in [6.45, 7) is 13.6. The first-order valence-corrected chi connectivity index (χ1v) is 17.4. The molecule has 1 aromatic heterocycles. The van der Waals surface area contributed by atoms with E-state index < -0.39 is 0 Å². The van der Waals surface area contributed by atoms with Crippen LogP contribution in [0, 0.1) is 0 Å². The maximum atomic E-state index is 12.9. The second-order valence-electron chi connectivity index (χ2n) is 12.0. The summed E-state index contributed by atoms with van der Waals surface area (Å²) in [6, 6.07) is 9.12. The number of hydrogen-bond acceptors (Lipinski definition) is 9. The molecule has 0 saturated carbocycles. The van der Waals surface area contributed by atoms with Crippen LogP contribution in [-0.2, 0) is 20.4 Å². The molecule has 6 nitrogen and oxygen atoms in total. The second kappa shape index (κ2) is 9.90. The summed E-state index contributed by atoms with van der Waals surface area (Å²) >= 11 is 15.1. The molecule has 2 fully saturated rings. The minimum absolute atomic E-state index is 0.118. The van der Waals surface area contributed by atoms with E-state index in [1.54, 1.807) is 21.1 Å². The Hall–Kier alpha value is -2.70. The molecule has 2 amide bonds. The van der Waals surface area contributed by atoms with Gasteiger partial charge in [0, 0.05) is 44.1 Å². The number of amides is 2. The molecule has 0 spiro atoms. The minimum atomic E-state index is -0.369. The second-order valence-corrected chi connectivity index (χ2v) is 16.3. The Kier molecular flexibility index (Phi) is 6.69. The quantitative estimate of drug-likeness (QED) is 0.266. The molecule has 3 aromatic rings. The van der Waals surface area contributed by atoms with Crippen LogP contribution in [0.25, 0.3) is 32.3 Å². The summed E-state index contributed by atoms with van der Waals surface area (Å²) < 4.78 is 3.55. The zero-order valence-electron chi connectivity index (χ0n) is 24.5. The Balaban J connectivity index is 1.28. The lowest BCUT2D eigenvalue weighted by molar-refractivity contribution is -0.120. The first kappa shape index (κ1) is 29.0. The molecule has 3 heterocycles. The summed E-state index contributed by atoms with van der Waals surface area (Å²) in [6.07, 6.45) is 4.23. The lowest BCUT2D eigenvalue weighted by Gasteiger charge is -2.23. The number of carbonyl (C=O) groups excluding carboxylic acids is 2. The van der Waals surface area contributed by atoms with Crippen molar-refractivity contribution in [2.45, 2.75) is 52.4 Å². The van der Waals surface area contributed by atoms with Crippen LogP contribution in [0.3, 0.4) is 0 Å². The summed E-state index contributed by atoms with van der Waals surface area (Å²) in [4.78, 5) is 38.6. The lowest BCUT2D eigenvalue weighted by atomic mass is 9.83. The maximum Gasteiger partial charge on any atom is 0.284 e. The molecule has 2 saturated heterocycles. The molecule has 2 aliphatic heterocycles. The normalized spacial score (nSPS) is 22.6. The van der Waals surface area contributed by atoms with Crippen molar-refractivity contribution in [1.82, 2.24) is 9.80 Å². The lowest BCUT2D eigenvalue weighted by Crippen LogP contribution is -2.29. The fourth-order valence-corrected chi connectivity index (χ4v) is 9.88. The highest BCUT2D eigenvalue weighted by Gasteiger charge is 2.40. The number of thiophene rings is 1. The number of rotatable bonds is 4. The van der Waals surface area contributed by atoms with Gasteiger partial charge in [-0.15, -0.1) is 11.3 Å². The summed E-state index contributed by atoms with van der Waals surface area (Å²) in [7, 11) is 0. The predicted octanol–water partition coefficient (Wildman–Crippen LogP) is 7.88. The van der Waals surface area contributed by atoms with Crippen LogP contribution in [0.5, 0.6) is 0 Å². The van der Waals surface area contributed by atoms with Crippen LogP contribution in [0.2, 0.25) is 0 Å². The smallest absolute Gasteiger partial charge is 0.284 e. The van der Waals surface area contributed by atoms with Gasteiger partial charge in [0.1, 0.15) is 8.64 Å². The molecule has 4 aliphatic rings. The average Bonchev–Trinajstić information content (AvgIpc) is 3.66. The van der Waals surface area contributed by atoms with E-state index in [0.717, 1.165) is 22.5 Å². The van der Waals surface area contributed by atoms with Crippen LogP contribution in [-0.4, -0.2) is 53.4 Å². The van der Waals surface area contributed by atoms with E-state index in [2.05, 4.69) is 64.1 Å². The number of fused-ring (bicyclic) bond motifs is 5. The van der Waals surface area contributed by atoms with E-state index in [1.807, 2.05) is 13.8 Å². The number of allylic oxidation sites excluding steroid dienone is 2. The van der Waals surface area contributed by atoms with Gasteiger partial charge in [-0.3, -0.25) is 19.4 Å². The van der Waals surface area contributed by atoms with E-state index in [-0.39, 0.29) is 22.6 Å². The van der Waals surface area contributed by atoms with Crippen molar-refractivity contribution in [3.05, 3.63) is 57.9 Å². The summed E-state index contributed by atoms with van der Waals surface area (Å²) in [5.41, 5.74) is 5.67. The first-order valence-electron chi connectivity index (χ1n) is 14.1. The number of aliphatic imine (C=N–C) groups is 2. The Morgan fingerprint density at radius 1 is 0.698 bits per heavy atom. The number of carbonyl (C=O) groups is 2. The average molecular weight is 661 g/mol. The third-order valence-electron chi connectivity index (χ3n) is 8.77. The number of benzene rings is 2. The SMILES string of the molecule is CCN1C(=O)C(=NC2=Cc3cc4sc5cc6c(cc5c4cc3C2(C)C)C(C)(C)C(N=C2SC(=S)N(CC)C2=O)=C6)SC1=S. The predicted molar refractivity (Wildman–Crippen MR) is 191 cm³/mol. The molecule has 43 heavy (non-hydrogen) atoms. The number of thioether (sulfide) groups is 2. The standard InChI is InChI=1S/C32H28N4O2S5/c1-7-35-27(37)25(42-29(35)39)33-23-11-15-9-21-17(13-19(15)31(23,3)4)18-14-20-16(10-22(18)41-21)12-24(32(20,5)6)34-26-28(38)36(8-2)30(40)43-26/h9-14H,7-8H2,1-6H3. The Morgan fingerprint density at radius 3 is 1.44 bits per heavy atom. The van der Waals surface area contributed by atoms with Crippen molar-refractivity contribution in [3.63, 3.8) is 0 Å². The van der Waals surface area contributed by atoms with Gasteiger partial charge in [-0.2, -0.15) is 0 Å². The van der Waals surface area contributed by atoms with Gasteiger partial charge < -0.3 is 0 Å². The highest BCUT2D eigenvalue weighted by molar-refractivity contribution is 8.35. The zero-order valence-corrected chi connectivity index (χ0v) is 28.6. The van der Waals surface area contributed by atoms with E-state index >= 15 is 0 Å². The Bertz CT molecular complexity index is 1850. The van der Waals surface area contributed by atoms with Crippen LogP contribution in [0.1, 0.15) is 63.8 Å². The van der Waals surface area contributed by atoms with Gasteiger partial charge in [0.25, 0.3) is 11.8 Å². The van der Waals surface area contributed by atoms with Crippen LogP contribution >= 0.6 is 59.3 Å². The molecular formula is C32H28N4O2S5. The van der Waals surface area contributed by atoms with Crippen molar-refractivity contribution in [2.24, 2.45) is 9.98 Å². The topological polar surface area (TPSA) is 65.3 Å². The van der Waals surface area contributed by atoms with Gasteiger partial charge in [-0.25, -0.2) is 9.98 Å². The minimum Gasteiger partial charge on any atom is -0.292 e. The number of hydrogen-bond donors (Lipinski definition) is 0. The van der Waals surface area contributed by atoms with Crippen molar-refractivity contribution in [1.29, 1.82) is 0 Å². The van der Waals surface area contributed by atoms with E-state index in [1.165, 1.54) is 54.8 Å². The molecule has 218 valence electrons. The van der Waals surface area contributed by atoms with Crippen molar-refractivity contribution >= 4 is 122 Å². The Morgan fingerprint density at radius 2 is 1.09 bits per heavy atom. The monoisotopic (exact) mass is 660 g/mol. The van der Waals surface area contributed by atoms with Crippen LogP contribution < -0.4 is 0 Å². The molecule has 0 unspecified atom stereocenters. The van der Waals surface area contributed by atoms with Gasteiger partial charge in [-0.1, -0.05) is 52.1 Å². The Labute approximate surface area is 273 Å². The largest absolute Gasteiger partial charge is 0.292 e. The van der Waals surface area contributed by atoms with Gasteiger partial charge in [0.05, 0.1) is 11.4 Å². The molecule has 2 aromatic carbocycles. The van der Waals surface area contributed by atoms with Gasteiger partial charge in [0.2, 0.25) is 0 Å². The molecule has 0 atom stereocenters. The highest BCUT2D eigenvalue weighted by Crippen LogP contribution is 2.50. The maximum absolute atomic E-state index is 12.9. The summed E-state index contributed by atoms with van der Waals surface area (Å²) in [5.74, 6) is -0.235. The van der Waals surface area contributed by atoms with Gasteiger partial charge >= 0.3 is 0 Å². The van der Waals surface area contributed by atoms with Crippen LogP contribution in [0.15, 0.2) is 45.6 Å². The first-order chi connectivity index (χ1) is 20.3. The van der Waals surface area contributed by atoms with E-state index in [9.17, 15) is 9.59 Å². The van der Waals surface area contributed by atoms with Crippen LogP contribution in [0.4, 0.5) is 0 Å². The van der Waals surface area contributed by atoms with Gasteiger partial charge in [-0.05, 0) is 96.0 Å². The highest BCUT2D eigenvalue weighted by atomic mass is 32.2. The molecule has 2 aliphatic carbocycles. The summed E-state index contributed by atoms with van der Waals surface area (Å²) in [5, 5.41) is 3.31. The van der Waals surface area contributed by atoms with E-state index in [4.69, 9.17) is 34.4 Å². The molecule has 7 rings (SSSR count). The number of thiocarbonyl (C=S) groups is 2. The molecule has 0 radical (unpaired) electrons. The zero-order chi connectivity index (χ0) is 30.6. The molecule has 11 heteroatoms. The third kappa shape index (κ3) is 4.26. The number of nitrogens with zero attached hydrogens (tertiary/aromatic N) is 4.